The van der Waals surface area contributed by atoms with Gasteiger partial charge >= 0.3 is 0 Å². The molecule has 1 aromatic carbocycles. The van der Waals surface area contributed by atoms with Crippen LogP contribution in [0.25, 0.3) is 10.6 Å². The van der Waals surface area contributed by atoms with Crippen LogP contribution in [-0.4, -0.2) is 59.5 Å². The molecule has 2 aromatic rings. The molecule has 1 atom stereocenters. The molecule has 1 amide bonds. The van der Waals surface area contributed by atoms with Gasteiger partial charge in [-0.2, -0.15) is 0 Å². The average Bonchev–Trinajstić information content (AvgIpc) is 3.43. The van der Waals surface area contributed by atoms with Gasteiger partial charge in [0, 0.05) is 30.1 Å². The second-order valence-electron chi connectivity index (χ2n) is 7.30. The molecule has 0 bridgehead atoms. The third kappa shape index (κ3) is 4.33. The Morgan fingerprint density at radius 1 is 1.22 bits per heavy atom. The van der Waals surface area contributed by atoms with E-state index in [1.165, 1.54) is 25.9 Å². The highest BCUT2D eigenvalue weighted by molar-refractivity contribution is 7.13. The van der Waals surface area contributed by atoms with E-state index in [2.05, 4.69) is 9.88 Å². The lowest BCUT2D eigenvalue weighted by molar-refractivity contribution is -0.129. The largest absolute Gasteiger partial charge is 0.494 e. The van der Waals surface area contributed by atoms with Crippen molar-refractivity contribution in [2.75, 3.05) is 32.8 Å². The summed E-state index contributed by atoms with van der Waals surface area (Å²) in [6, 6.07) is 8.54. The Bertz CT molecular complexity index is 768. The number of aromatic nitrogens is 1. The fourth-order valence-corrected chi connectivity index (χ4v) is 4.85. The Kier molecular flexibility index (Phi) is 5.74. The summed E-state index contributed by atoms with van der Waals surface area (Å²) in [6.07, 6.45) is 4.12. The molecule has 1 aromatic heterocycles. The van der Waals surface area contributed by atoms with Crippen LogP contribution in [0.1, 0.15) is 31.9 Å². The summed E-state index contributed by atoms with van der Waals surface area (Å²) < 4.78 is 5.49. The zero-order valence-corrected chi connectivity index (χ0v) is 16.7. The zero-order chi connectivity index (χ0) is 18.6. The van der Waals surface area contributed by atoms with Crippen molar-refractivity contribution >= 4 is 17.2 Å². The number of benzene rings is 1. The summed E-state index contributed by atoms with van der Waals surface area (Å²) in [7, 11) is 0. The van der Waals surface area contributed by atoms with E-state index in [4.69, 9.17) is 4.74 Å². The van der Waals surface area contributed by atoms with E-state index in [0.29, 0.717) is 19.1 Å². The summed E-state index contributed by atoms with van der Waals surface area (Å²) >= 11 is 1.60. The minimum absolute atomic E-state index is 0.209. The fraction of sp³-hybridized carbons (Fsp3) is 0.524. The van der Waals surface area contributed by atoms with Crippen molar-refractivity contribution in [3.05, 3.63) is 35.3 Å². The predicted octanol–water partition coefficient (Wildman–Crippen LogP) is 3.45. The molecule has 0 N–H and O–H groups in total. The number of amides is 1. The highest BCUT2D eigenvalue weighted by atomic mass is 32.1. The first kappa shape index (κ1) is 18.4. The maximum Gasteiger partial charge on any atom is 0.228 e. The van der Waals surface area contributed by atoms with Crippen LogP contribution in [0.3, 0.4) is 0 Å². The Labute approximate surface area is 165 Å². The maximum atomic E-state index is 12.7. The van der Waals surface area contributed by atoms with Crippen LogP contribution in [-0.2, 0) is 11.2 Å². The summed E-state index contributed by atoms with van der Waals surface area (Å²) in [5.74, 6) is 1.08. The van der Waals surface area contributed by atoms with Gasteiger partial charge in [-0.05, 0) is 63.5 Å². The van der Waals surface area contributed by atoms with Gasteiger partial charge in [-0.1, -0.05) is 0 Å². The van der Waals surface area contributed by atoms with Gasteiger partial charge in [0.2, 0.25) is 5.91 Å². The lowest BCUT2D eigenvalue weighted by Gasteiger charge is -2.23. The van der Waals surface area contributed by atoms with E-state index >= 15 is 0 Å². The van der Waals surface area contributed by atoms with Crippen molar-refractivity contribution in [2.45, 2.75) is 38.6 Å². The van der Waals surface area contributed by atoms with Gasteiger partial charge in [0.15, 0.2) is 0 Å². The highest BCUT2D eigenvalue weighted by Gasteiger charge is 2.31. The molecule has 1 unspecified atom stereocenters. The smallest absolute Gasteiger partial charge is 0.228 e. The quantitative estimate of drug-likeness (QED) is 0.764. The highest BCUT2D eigenvalue weighted by Crippen LogP contribution is 2.27. The molecule has 144 valence electrons. The van der Waals surface area contributed by atoms with Crippen molar-refractivity contribution < 1.29 is 9.53 Å². The Balaban J connectivity index is 1.34. The molecule has 5 nitrogen and oxygen atoms in total. The normalized spacial score (nSPS) is 20.3. The van der Waals surface area contributed by atoms with Gasteiger partial charge < -0.3 is 9.64 Å². The molecule has 0 aliphatic carbocycles. The van der Waals surface area contributed by atoms with Crippen LogP contribution < -0.4 is 4.74 Å². The maximum absolute atomic E-state index is 12.7. The molecule has 6 heteroatoms. The number of hydrogen-bond donors (Lipinski definition) is 0. The average molecular weight is 386 g/mol. The van der Waals surface area contributed by atoms with E-state index < -0.39 is 0 Å². The Hall–Kier alpha value is -1.92. The van der Waals surface area contributed by atoms with Gasteiger partial charge in [-0.15, -0.1) is 11.3 Å². The van der Waals surface area contributed by atoms with Crippen molar-refractivity contribution in [1.29, 1.82) is 0 Å². The van der Waals surface area contributed by atoms with Crippen LogP contribution in [0, 0.1) is 0 Å². The summed E-state index contributed by atoms with van der Waals surface area (Å²) in [5, 5.41) is 2.97. The zero-order valence-electron chi connectivity index (χ0n) is 15.9. The fourth-order valence-electron chi connectivity index (χ4n) is 4.02. The summed E-state index contributed by atoms with van der Waals surface area (Å²) in [4.78, 5) is 22.0. The van der Waals surface area contributed by atoms with E-state index in [1.807, 2.05) is 41.5 Å². The van der Waals surface area contributed by atoms with Crippen molar-refractivity contribution in [3.63, 3.8) is 0 Å². The minimum Gasteiger partial charge on any atom is -0.494 e. The molecule has 2 fully saturated rings. The number of likely N-dealkylation sites (tertiary alicyclic amines) is 2. The van der Waals surface area contributed by atoms with Crippen molar-refractivity contribution in [2.24, 2.45) is 0 Å². The third-order valence-electron chi connectivity index (χ3n) is 5.47. The number of rotatable bonds is 6. The number of nitrogens with zero attached hydrogens (tertiary/aromatic N) is 3. The van der Waals surface area contributed by atoms with Crippen LogP contribution >= 0.6 is 11.3 Å². The SMILES string of the molecule is CCOc1ccc(-c2nc(CC(=O)N3CCC(N4CCCC4)C3)cs2)cc1. The third-order valence-corrected chi connectivity index (χ3v) is 6.41. The topological polar surface area (TPSA) is 45.7 Å². The number of carbonyl (C=O) groups is 1. The van der Waals surface area contributed by atoms with Crippen LogP contribution in [0.5, 0.6) is 5.75 Å². The lowest BCUT2D eigenvalue weighted by Crippen LogP contribution is -2.37. The van der Waals surface area contributed by atoms with E-state index in [0.717, 1.165) is 41.5 Å². The van der Waals surface area contributed by atoms with Gasteiger partial charge in [-0.3, -0.25) is 9.69 Å². The number of carbonyl (C=O) groups excluding carboxylic acids is 1. The molecule has 0 radical (unpaired) electrons. The molecule has 4 rings (SSSR count). The minimum atomic E-state index is 0.209. The number of hydrogen-bond acceptors (Lipinski definition) is 5. The van der Waals surface area contributed by atoms with Crippen LogP contribution in [0.15, 0.2) is 29.6 Å². The molecule has 0 saturated carbocycles. The molecule has 27 heavy (non-hydrogen) atoms. The Morgan fingerprint density at radius 3 is 2.74 bits per heavy atom. The Morgan fingerprint density at radius 2 is 2.00 bits per heavy atom. The van der Waals surface area contributed by atoms with Gasteiger partial charge in [0.1, 0.15) is 10.8 Å². The second kappa shape index (κ2) is 8.40. The van der Waals surface area contributed by atoms with E-state index in [1.54, 1.807) is 11.3 Å². The first-order valence-corrected chi connectivity index (χ1v) is 10.8. The van der Waals surface area contributed by atoms with E-state index in [-0.39, 0.29) is 5.91 Å². The van der Waals surface area contributed by atoms with Crippen LogP contribution in [0.2, 0.25) is 0 Å². The number of thiazole rings is 1. The first-order chi connectivity index (χ1) is 13.2. The summed E-state index contributed by atoms with van der Waals surface area (Å²) in [6.45, 7) is 6.81. The number of ether oxygens (including phenoxy) is 1. The standard InChI is InChI=1S/C21H27N3O2S/c1-2-26-19-7-5-16(6-8-19)21-22-17(15-27-21)13-20(25)24-12-9-18(14-24)23-10-3-4-11-23/h5-8,15,18H,2-4,9-14H2,1H3. The molecular formula is C21H27N3O2S. The molecular weight excluding hydrogens is 358 g/mol. The van der Waals surface area contributed by atoms with Gasteiger partial charge in [0.25, 0.3) is 0 Å². The molecule has 0 spiro atoms. The van der Waals surface area contributed by atoms with Crippen molar-refractivity contribution in [1.82, 2.24) is 14.8 Å². The van der Waals surface area contributed by atoms with Gasteiger partial charge in [0.05, 0.1) is 18.7 Å². The van der Waals surface area contributed by atoms with E-state index in [9.17, 15) is 4.79 Å². The second-order valence-corrected chi connectivity index (χ2v) is 8.16. The first-order valence-electron chi connectivity index (χ1n) is 9.92. The molecule has 2 aliphatic rings. The lowest BCUT2D eigenvalue weighted by atomic mass is 10.2. The van der Waals surface area contributed by atoms with Crippen molar-refractivity contribution in [3.8, 4) is 16.3 Å². The molecule has 2 saturated heterocycles. The van der Waals surface area contributed by atoms with Crippen LogP contribution in [0.4, 0.5) is 0 Å². The van der Waals surface area contributed by atoms with Gasteiger partial charge in [-0.25, -0.2) is 4.98 Å². The molecule has 3 heterocycles. The summed E-state index contributed by atoms with van der Waals surface area (Å²) in [5.41, 5.74) is 1.94. The predicted molar refractivity (Wildman–Crippen MR) is 108 cm³/mol. The molecule has 2 aliphatic heterocycles. The monoisotopic (exact) mass is 385 g/mol.